The standard InChI is InChI=1S/C16H20FN5O2/c17-14-4-2-13(3-5-14)15-10-21(8-9-24-15)16(23)19-6-1-7-22-12-18-11-20-22/h2-5,11-12,15H,1,6-10H2,(H,19,23). The molecule has 1 atom stereocenters. The number of carbonyl (C=O) groups is 1. The average molecular weight is 333 g/mol. The largest absolute Gasteiger partial charge is 0.370 e. The highest BCUT2D eigenvalue weighted by atomic mass is 19.1. The van der Waals surface area contributed by atoms with Crippen LogP contribution in [0.15, 0.2) is 36.9 Å². The summed E-state index contributed by atoms with van der Waals surface area (Å²) >= 11 is 0. The van der Waals surface area contributed by atoms with Crippen molar-refractivity contribution in [2.45, 2.75) is 19.1 Å². The number of amides is 2. The Kier molecular flexibility index (Phi) is 5.37. The molecule has 0 spiro atoms. The highest BCUT2D eigenvalue weighted by Gasteiger charge is 2.25. The summed E-state index contributed by atoms with van der Waals surface area (Å²) in [7, 11) is 0. The molecule has 0 radical (unpaired) electrons. The summed E-state index contributed by atoms with van der Waals surface area (Å²) < 4.78 is 20.4. The topological polar surface area (TPSA) is 72.3 Å². The maximum absolute atomic E-state index is 13.0. The smallest absolute Gasteiger partial charge is 0.317 e. The van der Waals surface area contributed by atoms with Gasteiger partial charge in [0.1, 0.15) is 24.6 Å². The number of urea groups is 1. The van der Waals surface area contributed by atoms with Crippen LogP contribution in [0.2, 0.25) is 0 Å². The monoisotopic (exact) mass is 333 g/mol. The van der Waals surface area contributed by atoms with E-state index in [4.69, 9.17) is 4.74 Å². The number of nitrogens with zero attached hydrogens (tertiary/aromatic N) is 4. The van der Waals surface area contributed by atoms with Crippen LogP contribution in [-0.4, -0.2) is 51.9 Å². The molecule has 1 unspecified atom stereocenters. The number of carbonyl (C=O) groups excluding carboxylic acids is 1. The van der Waals surface area contributed by atoms with Crippen molar-refractivity contribution >= 4 is 6.03 Å². The third-order valence-electron chi connectivity index (χ3n) is 3.90. The number of halogens is 1. The minimum atomic E-state index is -0.281. The van der Waals surface area contributed by atoms with Gasteiger partial charge in [-0.05, 0) is 24.1 Å². The Morgan fingerprint density at radius 3 is 2.96 bits per heavy atom. The number of morpholine rings is 1. The van der Waals surface area contributed by atoms with Gasteiger partial charge in [-0.1, -0.05) is 12.1 Å². The molecule has 2 amide bonds. The number of nitrogens with one attached hydrogen (secondary N) is 1. The van der Waals surface area contributed by atoms with E-state index in [0.29, 0.717) is 32.8 Å². The molecule has 1 aliphatic heterocycles. The van der Waals surface area contributed by atoms with E-state index in [1.54, 1.807) is 28.0 Å². The van der Waals surface area contributed by atoms with E-state index in [1.165, 1.54) is 18.5 Å². The number of benzene rings is 1. The summed E-state index contributed by atoms with van der Waals surface area (Å²) in [5.41, 5.74) is 0.875. The van der Waals surface area contributed by atoms with Gasteiger partial charge in [0.2, 0.25) is 0 Å². The Balaban J connectivity index is 1.45. The molecule has 0 bridgehead atoms. The van der Waals surface area contributed by atoms with E-state index in [0.717, 1.165) is 12.0 Å². The lowest BCUT2D eigenvalue weighted by Gasteiger charge is -2.33. The number of hydrogen-bond acceptors (Lipinski definition) is 4. The van der Waals surface area contributed by atoms with Gasteiger partial charge in [-0.25, -0.2) is 14.2 Å². The molecule has 0 aliphatic carbocycles. The Morgan fingerprint density at radius 2 is 2.21 bits per heavy atom. The van der Waals surface area contributed by atoms with Crippen LogP contribution in [0.1, 0.15) is 18.1 Å². The molecule has 24 heavy (non-hydrogen) atoms. The number of aromatic nitrogens is 3. The second-order valence-electron chi connectivity index (χ2n) is 5.60. The van der Waals surface area contributed by atoms with Crippen molar-refractivity contribution in [3.8, 4) is 0 Å². The zero-order chi connectivity index (χ0) is 16.8. The maximum Gasteiger partial charge on any atom is 0.317 e. The average Bonchev–Trinajstić information content (AvgIpc) is 3.13. The van der Waals surface area contributed by atoms with Crippen molar-refractivity contribution in [2.24, 2.45) is 0 Å². The molecular weight excluding hydrogens is 313 g/mol. The summed E-state index contributed by atoms with van der Waals surface area (Å²) in [6.45, 7) is 2.75. The van der Waals surface area contributed by atoms with Gasteiger partial charge in [0.25, 0.3) is 0 Å². The van der Waals surface area contributed by atoms with Crippen molar-refractivity contribution in [2.75, 3.05) is 26.2 Å². The van der Waals surface area contributed by atoms with Crippen LogP contribution in [0, 0.1) is 5.82 Å². The molecular formula is C16H20FN5O2. The predicted octanol–water partition coefficient (Wildman–Crippen LogP) is 1.59. The van der Waals surface area contributed by atoms with Crippen LogP contribution in [-0.2, 0) is 11.3 Å². The molecule has 0 saturated carbocycles. The summed E-state index contributed by atoms with van der Waals surface area (Å²) in [5.74, 6) is -0.281. The fraction of sp³-hybridized carbons (Fsp3) is 0.438. The fourth-order valence-electron chi connectivity index (χ4n) is 2.61. The fourth-order valence-corrected chi connectivity index (χ4v) is 2.61. The lowest BCUT2D eigenvalue weighted by Crippen LogP contribution is -2.47. The van der Waals surface area contributed by atoms with Crippen molar-refractivity contribution in [3.05, 3.63) is 48.3 Å². The van der Waals surface area contributed by atoms with Gasteiger partial charge in [-0.15, -0.1) is 0 Å². The molecule has 2 aromatic rings. The zero-order valence-electron chi connectivity index (χ0n) is 13.3. The highest BCUT2D eigenvalue weighted by molar-refractivity contribution is 5.74. The van der Waals surface area contributed by atoms with E-state index in [1.807, 2.05) is 0 Å². The number of aryl methyl sites for hydroxylation is 1. The minimum absolute atomic E-state index is 0.107. The van der Waals surface area contributed by atoms with Crippen molar-refractivity contribution < 1.29 is 13.9 Å². The van der Waals surface area contributed by atoms with Gasteiger partial charge in [-0.2, -0.15) is 5.10 Å². The molecule has 1 fully saturated rings. The number of ether oxygens (including phenoxy) is 1. The van der Waals surface area contributed by atoms with Gasteiger partial charge in [-0.3, -0.25) is 4.68 Å². The molecule has 1 saturated heterocycles. The van der Waals surface area contributed by atoms with E-state index in [-0.39, 0.29) is 18.0 Å². The molecule has 1 aromatic heterocycles. The molecule has 1 aliphatic rings. The number of rotatable bonds is 5. The normalized spacial score (nSPS) is 17.7. The van der Waals surface area contributed by atoms with E-state index in [9.17, 15) is 9.18 Å². The van der Waals surface area contributed by atoms with Crippen molar-refractivity contribution in [1.29, 1.82) is 0 Å². The van der Waals surface area contributed by atoms with Crippen LogP contribution >= 0.6 is 0 Å². The third-order valence-corrected chi connectivity index (χ3v) is 3.90. The summed E-state index contributed by atoms with van der Waals surface area (Å²) in [5, 5.41) is 6.92. The lowest BCUT2D eigenvalue weighted by atomic mass is 10.1. The Morgan fingerprint density at radius 1 is 1.38 bits per heavy atom. The minimum Gasteiger partial charge on any atom is -0.370 e. The first-order valence-electron chi connectivity index (χ1n) is 7.94. The second kappa shape index (κ2) is 7.87. The molecule has 3 rings (SSSR count). The van der Waals surface area contributed by atoms with Gasteiger partial charge < -0.3 is 15.0 Å². The quantitative estimate of drug-likeness (QED) is 0.844. The SMILES string of the molecule is O=C(NCCCn1cncn1)N1CCOC(c2ccc(F)cc2)C1. The first kappa shape index (κ1) is 16.4. The first-order valence-corrected chi connectivity index (χ1v) is 7.94. The van der Waals surface area contributed by atoms with Gasteiger partial charge >= 0.3 is 6.03 Å². The van der Waals surface area contributed by atoms with Crippen LogP contribution in [0.3, 0.4) is 0 Å². The van der Waals surface area contributed by atoms with Crippen molar-refractivity contribution in [3.63, 3.8) is 0 Å². The van der Waals surface area contributed by atoms with E-state index >= 15 is 0 Å². The first-order chi connectivity index (χ1) is 11.7. The third kappa shape index (κ3) is 4.29. The molecule has 1 aromatic carbocycles. The lowest BCUT2D eigenvalue weighted by molar-refractivity contribution is -0.0154. The Labute approximate surface area is 139 Å². The summed E-state index contributed by atoms with van der Waals surface area (Å²) in [6, 6.07) is 6.09. The second-order valence-corrected chi connectivity index (χ2v) is 5.60. The van der Waals surface area contributed by atoms with E-state index < -0.39 is 0 Å². The van der Waals surface area contributed by atoms with Crippen LogP contribution in [0.5, 0.6) is 0 Å². The van der Waals surface area contributed by atoms with Gasteiger partial charge in [0, 0.05) is 19.6 Å². The van der Waals surface area contributed by atoms with Gasteiger partial charge in [0.05, 0.1) is 13.2 Å². The Bertz CT molecular complexity index is 647. The zero-order valence-corrected chi connectivity index (χ0v) is 13.3. The summed E-state index contributed by atoms with van der Waals surface area (Å²) in [6.07, 6.45) is 3.69. The van der Waals surface area contributed by atoms with Crippen molar-refractivity contribution in [1.82, 2.24) is 25.0 Å². The maximum atomic E-state index is 13.0. The number of hydrogen-bond donors (Lipinski definition) is 1. The Hall–Kier alpha value is -2.48. The highest BCUT2D eigenvalue weighted by Crippen LogP contribution is 2.22. The predicted molar refractivity (Wildman–Crippen MR) is 84.7 cm³/mol. The molecule has 7 nitrogen and oxygen atoms in total. The molecule has 1 N–H and O–H groups in total. The van der Waals surface area contributed by atoms with Crippen LogP contribution in [0.4, 0.5) is 9.18 Å². The molecule has 8 heteroatoms. The van der Waals surface area contributed by atoms with Crippen LogP contribution in [0.25, 0.3) is 0 Å². The van der Waals surface area contributed by atoms with Gasteiger partial charge in [0.15, 0.2) is 0 Å². The molecule has 128 valence electrons. The van der Waals surface area contributed by atoms with Crippen LogP contribution < -0.4 is 5.32 Å². The van der Waals surface area contributed by atoms with E-state index in [2.05, 4.69) is 15.4 Å². The summed E-state index contributed by atoms with van der Waals surface area (Å²) in [4.78, 5) is 17.9. The molecule has 2 heterocycles.